The van der Waals surface area contributed by atoms with Gasteiger partial charge < -0.3 is 10.1 Å². The van der Waals surface area contributed by atoms with Gasteiger partial charge >= 0.3 is 0 Å². The highest BCUT2D eigenvalue weighted by Crippen LogP contribution is 2.38. The molecule has 3 heterocycles. The summed E-state index contributed by atoms with van der Waals surface area (Å²) in [6.07, 6.45) is 9.55. The highest BCUT2D eigenvalue weighted by Gasteiger charge is 2.26. The van der Waals surface area contributed by atoms with E-state index in [0.717, 1.165) is 31.7 Å². The number of rotatable bonds is 4. The molecule has 0 unspecified atom stereocenters. The molecule has 0 bridgehead atoms. The molecule has 1 saturated carbocycles. The average Bonchev–Trinajstić information content (AvgIpc) is 3.23. The van der Waals surface area contributed by atoms with Crippen molar-refractivity contribution in [2.75, 3.05) is 19.7 Å². The van der Waals surface area contributed by atoms with Crippen molar-refractivity contribution in [2.24, 2.45) is 5.92 Å². The first-order chi connectivity index (χ1) is 11.3. The van der Waals surface area contributed by atoms with Crippen LogP contribution in [0.15, 0.2) is 18.3 Å². The summed E-state index contributed by atoms with van der Waals surface area (Å²) in [7, 11) is 0. The quantitative estimate of drug-likeness (QED) is 0.909. The number of H-pyrrole nitrogens is 1. The Bertz CT molecular complexity index is 660. The number of aliphatic hydroxyl groups is 1. The number of aromatic nitrogens is 2. The van der Waals surface area contributed by atoms with Gasteiger partial charge in [-0.2, -0.15) is 0 Å². The van der Waals surface area contributed by atoms with Crippen molar-refractivity contribution in [2.45, 2.75) is 51.0 Å². The van der Waals surface area contributed by atoms with Crippen LogP contribution in [0, 0.1) is 5.92 Å². The van der Waals surface area contributed by atoms with E-state index in [1.807, 2.05) is 12.3 Å². The molecule has 1 atom stereocenters. The monoisotopic (exact) mass is 313 g/mol. The van der Waals surface area contributed by atoms with Gasteiger partial charge in [-0.15, -0.1) is 0 Å². The standard InChI is InChI=1S/C19H27N3O/c23-13-14-5-4-10-22(11-14)12-17-16-8-3-9-20-19(16)21-18(17)15-6-1-2-7-15/h3,8-9,14-15,23H,1-2,4-7,10-13H2,(H,20,21)/t14-/m1/s1. The van der Waals surface area contributed by atoms with Crippen LogP contribution in [0.2, 0.25) is 0 Å². The van der Waals surface area contributed by atoms with Crippen LogP contribution < -0.4 is 0 Å². The predicted octanol–water partition coefficient (Wildman–Crippen LogP) is 3.42. The Morgan fingerprint density at radius 2 is 2.09 bits per heavy atom. The fourth-order valence-corrected chi connectivity index (χ4v) is 4.50. The number of hydrogen-bond acceptors (Lipinski definition) is 3. The van der Waals surface area contributed by atoms with Crippen LogP contribution in [0.25, 0.3) is 11.0 Å². The molecule has 2 aromatic heterocycles. The number of aromatic amines is 1. The minimum absolute atomic E-state index is 0.321. The van der Waals surface area contributed by atoms with Crippen molar-refractivity contribution in [3.05, 3.63) is 29.6 Å². The van der Waals surface area contributed by atoms with E-state index in [1.54, 1.807) is 0 Å². The average molecular weight is 313 g/mol. The highest BCUT2D eigenvalue weighted by atomic mass is 16.3. The van der Waals surface area contributed by atoms with Gasteiger partial charge in [-0.1, -0.05) is 12.8 Å². The molecule has 2 N–H and O–H groups in total. The molecule has 4 nitrogen and oxygen atoms in total. The van der Waals surface area contributed by atoms with Crippen LogP contribution in [-0.4, -0.2) is 39.7 Å². The minimum atomic E-state index is 0.321. The van der Waals surface area contributed by atoms with Crippen molar-refractivity contribution in [3.63, 3.8) is 0 Å². The van der Waals surface area contributed by atoms with E-state index in [9.17, 15) is 5.11 Å². The largest absolute Gasteiger partial charge is 0.396 e. The molecule has 1 aliphatic heterocycles. The van der Waals surface area contributed by atoms with Gasteiger partial charge in [0.05, 0.1) is 0 Å². The molecule has 4 rings (SSSR count). The van der Waals surface area contributed by atoms with E-state index in [4.69, 9.17) is 0 Å². The fourth-order valence-electron chi connectivity index (χ4n) is 4.50. The molecule has 0 aromatic carbocycles. The molecule has 124 valence electrons. The van der Waals surface area contributed by atoms with Gasteiger partial charge in [-0.05, 0) is 61.8 Å². The first kappa shape index (κ1) is 15.2. The van der Waals surface area contributed by atoms with Gasteiger partial charge in [0.2, 0.25) is 0 Å². The molecule has 2 fully saturated rings. The number of aliphatic hydroxyl groups excluding tert-OH is 1. The van der Waals surface area contributed by atoms with Gasteiger partial charge in [0.25, 0.3) is 0 Å². The normalized spacial score (nSPS) is 23.8. The molecular formula is C19H27N3O. The Balaban J connectivity index is 1.65. The van der Waals surface area contributed by atoms with Crippen LogP contribution in [0.1, 0.15) is 55.7 Å². The lowest BCUT2D eigenvalue weighted by molar-refractivity contribution is 0.116. The van der Waals surface area contributed by atoms with E-state index in [1.165, 1.54) is 48.7 Å². The molecule has 0 spiro atoms. The van der Waals surface area contributed by atoms with Gasteiger partial charge in [0.1, 0.15) is 5.65 Å². The lowest BCUT2D eigenvalue weighted by atomic mass is 9.96. The van der Waals surface area contributed by atoms with Crippen LogP contribution in [0.4, 0.5) is 0 Å². The number of piperidine rings is 1. The summed E-state index contributed by atoms with van der Waals surface area (Å²) in [5, 5.41) is 10.8. The fraction of sp³-hybridized carbons (Fsp3) is 0.632. The molecule has 1 saturated heterocycles. The van der Waals surface area contributed by atoms with Crippen LogP contribution in [0.5, 0.6) is 0 Å². The van der Waals surface area contributed by atoms with Crippen molar-refractivity contribution >= 4 is 11.0 Å². The van der Waals surface area contributed by atoms with Crippen molar-refractivity contribution in [3.8, 4) is 0 Å². The summed E-state index contributed by atoms with van der Waals surface area (Å²) in [5.41, 5.74) is 3.93. The van der Waals surface area contributed by atoms with Crippen LogP contribution >= 0.6 is 0 Å². The van der Waals surface area contributed by atoms with Crippen molar-refractivity contribution < 1.29 is 5.11 Å². The highest BCUT2D eigenvalue weighted by molar-refractivity contribution is 5.81. The van der Waals surface area contributed by atoms with E-state index in [-0.39, 0.29) is 0 Å². The maximum Gasteiger partial charge on any atom is 0.137 e. The summed E-state index contributed by atoms with van der Waals surface area (Å²) in [4.78, 5) is 10.7. The van der Waals surface area contributed by atoms with E-state index in [2.05, 4.69) is 20.9 Å². The van der Waals surface area contributed by atoms with Gasteiger partial charge in [-0.25, -0.2) is 4.98 Å². The van der Waals surface area contributed by atoms with Gasteiger partial charge in [0.15, 0.2) is 0 Å². The molecule has 23 heavy (non-hydrogen) atoms. The molecular weight excluding hydrogens is 286 g/mol. The molecule has 2 aliphatic rings. The number of fused-ring (bicyclic) bond motifs is 1. The second-order valence-corrected chi connectivity index (χ2v) is 7.32. The van der Waals surface area contributed by atoms with Crippen LogP contribution in [-0.2, 0) is 6.54 Å². The Morgan fingerprint density at radius 1 is 1.22 bits per heavy atom. The zero-order chi connectivity index (χ0) is 15.6. The number of hydrogen-bond donors (Lipinski definition) is 2. The third kappa shape index (κ3) is 3.02. The Labute approximate surface area is 137 Å². The second kappa shape index (κ2) is 6.62. The minimum Gasteiger partial charge on any atom is -0.396 e. The zero-order valence-electron chi connectivity index (χ0n) is 13.8. The molecule has 0 radical (unpaired) electrons. The van der Waals surface area contributed by atoms with Crippen LogP contribution in [0.3, 0.4) is 0 Å². The van der Waals surface area contributed by atoms with E-state index in [0.29, 0.717) is 18.4 Å². The van der Waals surface area contributed by atoms with Crippen molar-refractivity contribution in [1.82, 2.24) is 14.9 Å². The molecule has 2 aromatic rings. The summed E-state index contributed by atoms with van der Waals surface area (Å²) in [6.45, 7) is 3.48. The third-order valence-electron chi connectivity index (χ3n) is 5.72. The zero-order valence-corrected chi connectivity index (χ0v) is 13.8. The Hall–Kier alpha value is -1.39. The first-order valence-electron chi connectivity index (χ1n) is 9.14. The maximum atomic E-state index is 9.49. The SMILES string of the molecule is OC[C@@H]1CCCN(Cc2c(C3CCCC3)[nH]c3ncccc23)C1. The van der Waals surface area contributed by atoms with Gasteiger partial charge in [-0.3, -0.25) is 4.90 Å². The lowest BCUT2D eigenvalue weighted by Crippen LogP contribution is -2.36. The van der Waals surface area contributed by atoms with E-state index >= 15 is 0 Å². The number of nitrogens with zero attached hydrogens (tertiary/aromatic N) is 2. The summed E-state index contributed by atoms with van der Waals surface area (Å²) in [6, 6.07) is 4.25. The molecule has 4 heteroatoms. The number of likely N-dealkylation sites (tertiary alicyclic amines) is 1. The maximum absolute atomic E-state index is 9.49. The Morgan fingerprint density at radius 3 is 2.91 bits per heavy atom. The smallest absolute Gasteiger partial charge is 0.137 e. The van der Waals surface area contributed by atoms with Crippen molar-refractivity contribution in [1.29, 1.82) is 0 Å². The van der Waals surface area contributed by atoms with Gasteiger partial charge in [0, 0.05) is 37.0 Å². The van der Waals surface area contributed by atoms with E-state index < -0.39 is 0 Å². The first-order valence-corrected chi connectivity index (χ1v) is 9.14. The molecule has 1 aliphatic carbocycles. The number of nitrogens with one attached hydrogen (secondary N) is 1. The molecule has 0 amide bonds. The summed E-state index contributed by atoms with van der Waals surface area (Å²) in [5.74, 6) is 1.12. The predicted molar refractivity (Wildman–Crippen MR) is 92.4 cm³/mol. The number of pyridine rings is 1. The Kier molecular flexibility index (Phi) is 4.36. The third-order valence-corrected chi connectivity index (χ3v) is 5.72. The summed E-state index contributed by atoms with van der Waals surface area (Å²) < 4.78 is 0. The lowest BCUT2D eigenvalue weighted by Gasteiger charge is -2.32. The topological polar surface area (TPSA) is 52.1 Å². The summed E-state index contributed by atoms with van der Waals surface area (Å²) >= 11 is 0. The second-order valence-electron chi connectivity index (χ2n) is 7.32.